The van der Waals surface area contributed by atoms with Crippen LogP contribution in [0.5, 0.6) is 11.8 Å². The number of aromatic nitrogens is 2. The molecule has 1 heterocycles. The third kappa shape index (κ3) is 3.51. The first-order valence-electron chi connectivity index (χ1n) is 6.64. The molecule has 0 saturated carbocycles. The van der Waals surface area contributed by atoms with Gasteiger partial charge in [-0.2, -0.15) is 4.98 Å². The largest absolute Gasteiger partial charge is 0.480 e. The van der Waals surface area contributed by atoms with Gasteiger partial charge in [0.15, 0.2) is 0 Å². The molecule has 0 spiro atoms. The van der Waals surface area contributed by atoms with Crippen LogP contribution in [0.25, 0.3) is 0 Å². The van der Waals surface area contributed by atoms with Gasteiger partial charge in [-0.15, -0.1) is 0 Å². The van der Waals surface area contributed by atoms with E-state index in [9.17, 15) is 0 Å². The number of nitrogens with one attached hydrogen (secondary N) is 1. The lowest BCUT2D eigenvalue weighted by atomic mass is 10.0. The third-order valence-corrected chi connectivity index (χ3v) is 3.77. The molecule has 0 bridgehead atoms. The predicted octanol–water partition coefficient (Wildman–Crippen LogP) is 2.96. The number of hydrogen-bond acceptors (Lipinski definition) is 5. The quantitative estimate of drug-likeness (QED) is 0.866. The zero-order chi connectivity index (χ0) is 15.2. The zero-order valence-electron chi connectivity index (χ0n) is 12.3. The Hall–Kier alpha value is -1.66. The van der Waals surface area contributed by atoms with Gasteiger partial charge in [0.2, 0.25) is 11.8 Å². The van der Waals surface area contributed by atoms with Gasteiger partial charge in [0.05, 0.1) is 26.5 Å². The van der Waals surface area contributed by atoms with E-state index in [0.717, 1.165) is 22.3 Å². The highest BCUT2D eigenvalue weighted by Crippen LogP contribution is 2.32. The fourth-order valence-corrected chi connectivity index (χ4v) is 2.59. The van der Waals surface area contributed by atoms with E-state index in [2.05, 4.69) is 31.2 Å². The van der Waals surface area contributed by atoms with E-state index < -0.39 is 0 Å². The molecule has 0 amide bonds. The number of benzene rings is 1. The van der Waals surface area contributed by atoms with Gasteiger partial charge in [-0.1, -0.05) is 41.1 Å². The average Bonchev–Trinajstić information content (AvgIpc) is 2.53. The Morgan fingerprint density at radius 2 is 2.00 bits per heavy atom. The molecule has 0 saturated heterocycles. The van der Waals surface area contributed by atoms with Crippen molar-refractivity contribution in [2.75, 3.05) is 20.8 Å². The number of methoxy groups -OCH3 is 2. The average molecular weight is 352 g/mol. The summed E-state index contributed by atoms with van der Waals surface area (Å²) < 4.78 is 11.5. The topological polar surface area (TPSA) is 56.3 Å². The molecule has 1 aromatic carbocycles. The minimum Gasteiger partial charge on any atom is -0.480 e. The monoisotopic (exact) mass is 351 g/mol. The molecule has 0 fully saturated rings. The Kier molecular flexibility index (Phi) is 5.52. The van der Waals surface area contributed by atoms with Crippen molar-refractivity contribution in [1.82, 2.24) is 15.3 Å². The van der Waals surface area contributed by atoms with Gasteiger partial charge in [0.25, 0.3) is 0 Å². The first kappa shape index (κ1) is 15.7. The van der Waals surface area contributed by atoms with E-state index >= 15 is 0 Å². The molecule has 0 aliphatic carbocycles. The number of hydrogen-bond donors (Lipinski definition) is 1. The van der Waals surface area contributed by atoms with Gasteiger partial charge < -0.3 is 14.8 Å². The smallest absolute Gasteiger partial charge is 0.240 e. The number of ether oxygens (including phenoxy) is 2. The summed E-state index contributed by atoms with van der Waals surface area (Å²) in [6, 6.07) is 7.91. The Morgan fingerprint density at radius 3 is 2.62 bits per heavy atom. The second-order valence-electron chi connectivity index (χ2n) is 4.32. The molecule has 21 heavy (non-hydrogen) atoms. The summed E-state index contributed by atoms with van der Waals surface area (Å²) in [5, 5.41) is 3.41. The highest BCUT2D eigenvalue weighted by molar-refractivity contribution is 9.10. The number of rotatable bonds is 6. The zero-order valence-corrected chi connectivity index (χ0v) is 13.8. The number of halogens is 1. The molecule has 1 unspecified atom stereocenters. The maximum atomic E-state index is 5.37. The van der Waals surface area contributed by atoms with Crippen LogP contribution in [0.1, 0.15) is 24.2 Å². The molecule has 0 aliphatic rings. The van der Waals surface area contributed by atoms with Gasteiger partial charge in [0, 0.05) is 4.47 Å². The molecular formula is C15H18BrN3O2. The molecule has 1 N–H and O–H groups in total. The summed E-state index contributed by atoms with van der Waals surface area (Å²) in [5.74, 6) is 0.883. The van der Waals surface area contributed by atoms with E-state index in [-0.39, 0.29) is 6.04 Å². The fourth-order valence-electron chi connectivity index (χ4n) is 2.08. The second kappa shape index (κ2) is 7.38. The van der Waals surface area contributed by atoms with Crippen molar-refractivity contribution in [2.24, 2.45) is 0 Å². The molecule has 2 rings (SSSR count). The molecule has 1 aromatic heterocycles. The Labute approximate surface area is 132 Å². The Morgan fingerprint density at radius 1 is 1.24 bits per heavy atom. The van der Waals surface area contributed by atoms with Gasteiger partial charge in [-0.3, -0.25) is 0 Å². The lowest BCUT2D eigenvalue weighted by Gasteiger charge is -2.20. The first-order chi connectivity index (χ1) is 10.2. The van der Waals surface area contributed by atoms with E-state index in [1.165, 1.54) is 0 Å². The van der Waals surface area contributed by atoms with Crippen molar-refractivity contribution in [1.29, 1.82) is 0 Å². The Bertz CT molecular complexity index is 607. The normalized spacial score (nSPS) is 12.0. The van der Waals surface area contributed by atoms with Crippen molar-refractivity contribution in [2.45, 2.75) is 13.0 Å². The molecule has 0 radical (unpaired) electrons. The maximum Gasteiger partial charge on any atom is 0.240 e. The van der Waals surface area contributed by atoms with Crippen LogP contribution in [0.15, 0.2) is 34.9 Å². The number of nitrogens with zero attached hydrogens (tertiary/aromatic N) is 2. The highest BCUT2D eigenvalue weighted by atomic mass is 79.9. The molecule has 5 nitrogen and oxygen atoms in total. The summed E-state index contributed by atoms with van der Waals surface area (Å²) >= 11 is 3.59. The molecular weight excluding hydrogens is 334 g/mol. The van der Waals surface area contributed by atoms with Crippen molar-refractivity contribution in [3.63, 3.8) is 0 Å². The third-order valence-electron chi connectivity index (χ3n) is 3.05. The summed E-state index contributed by atoms with van der Waals surface area (Å²) in [4.78, 5) is 8.77. The van der Waals surface area contributed by atoms with Gasteiger partial charge in [-0.05, 0) is 18.2 Å². The summed E-state index contributed by atoms with van der Waals surface area (Å²) in [6.45, 7) is 2.84. The van der Waals surface area contributed by atoms with Gasteiger partial charge in [-0.25, -0.2) is 4.98 Å². The minimum absolute atomic E-state index is 0.112. The van der Waals surface area contributed by atoms with Crippen LogP contribution in [0.2, 0.25) is 0 Å². The second-order valence-corrected chi connectivity index (χ2v) is 5.17. The van der Waals surface area contributed by atoms with Crippen LogP contribution >= 0.6 is 15.9 Å². The maximum absolute atomic E-state index is 5.37. The molecule has 1 atom stereocenters. The van der Waals surface area contributed by atoms with Crippen molar-refractivity contribution in [3.05, 3.63) is 46.2 Å². The first-order valence-corrected chi connectivity index (χ1v) is 7.43. The minimum atomic E-state index is -0.112. The van der Waals surface area contributed by atoms with Gasteiger partial charge in [0.1, 0.15) is 5.69 Å². The molecule has 112 valence electrons. The van der Waals surface area contributed by atoms with Crippen LogP contribution in [-0.2, 0) is 0 Å². The fraction of sp³-hybridized carbons (Fsp3) is 0.333. The predicted molar refractivity (Wildman–Crippen MR) is 84.8 cm³/mol. The van der Waals surface area contributed by atoms with E-state index in [4.69, 9.17) is 9.47 Å². The summed E-state index contributed by atoms with van der Waals surface area (Å²) in [5.41, 5.74) is 1.81. The van der Waals surface area contributed by atoms with Crippen molar-refractivity contribution >= 4 is 15.9 Å². The lowest BCUT2D eigenvalue weighted by molar-refractivity contribution is 0.352. The van der Waals surface area contributed by atoms with Crippen LogP contribution in [0, 0.1) is 0 Å². The van der Waals surface area contributed by atoms with E-state index in [0.29, 0.717) is 11.8 Å². The molecule has 2 aromatic rings. The van der Waals surface area contributed by atoms with Crippen molar-refractivity contribution < 1.29 is 9.47 Å². The summed E-state index contributed by atoms with van der Waals surface area (Å²) in [6.07, 6.45) is 1.60. The molecule has 0 aliphatic heterocycles. The lowest BCUT2D eigenvalue weighted by Crippen LogP contribution is -2.24. The summed E-state index contributed by atoms with van der Waals surface area (Å²) in [7, 11) is 3.13. The van der Waals surface area contributed by atoms with Crippen molar-refractivity contribution in [3.8, 4) is 11.8 Å². The van der Waals surface area contributed by atoms with Crippen LogP contribution in [-0.4, -0.2) is 30.7 Å². The standard InChI is InChI=1S/C15H18BrN3O2/c1-4-17-13(10-7-5-6-8-11(10)16)14-15(21-3)19-12(20-2)9-18-14/h5-9,13,17H,4H2,1-3H3. The van der Waals surface area contributed by atoms with E-state index in [1.807, 2.05) is 31.2 Å². The Balaban J connectivity index is 2.50. The van der Waals surface area contributed by atoms with E-state index in [1.54, 1.807) is 20.4 Å². The SMILES string of the molecule is CCNC(c1ccccc1Br)c1ncc(OC)nc1OC. The molecule has 6 heteroatoms. The highest BCUT2D eigenvalue weighted by Gasteiger charge is 2.22. The van der Waals surface area contributed by atoms with Crippen LogP contribution in [0.3, 0.4) is 0 Å². The van der Waals surface area contributed by atoms with Gasteiger partial charge >= 0.3 is 0 Å². The van der Waals surface area contributed by atoms with Crippen LogP contribution < -0.4 is 14.8 Å². The van der Waals surface area contributed by atoms with Crippen LogP contribution in [0.4, 0.5) is 0 Å².